The van der Waals surface area contributed by atoms with Gasteiger partial charge in [0.15, 0.2) is 11.5 Å². The average Bonchev–Trinajstić information content (AvgIpc) is 3.68. The SMILES string of the molecule is COC1=CC(=O)C(=O)C(CCCCCCCC2OC2CCCCCCCC2C(=O)C(=O)C=C(OC)C2=O)C1=O. The maximum Gasteiger partial charge on any atom is 0.226 e. The molecule has 0 saturated carbocycles. The zero-order chi connectivity index (χ0) is 28.4. The van der Waals surface area contributed by atoms with Crippen molar-refractivity contribution in [1.82, 2.24) is 0 Å². The van der Waals surface area contributed by atoms with Crippen molar-refractivity contribution in [2.75, 3.05) is 14.2 Å². The number of Topliss-reactive ketones (excluding diaryl/α,β-unsaturated/α-hetero) is 4. The number of methoxy groups -OCH3 is 2. The fourth-order valence-electron chi connectivity index (χ4n) is 5.43. The van der Waals surface area contributed by atoms with Crippen molar-refractivity contribution in [3.8, 4) is 0 Å². The first kappa shape index (κ1) is 30.6. The van der Waals surface area contributed by atoms with Gasteiger partial charge in [-0.05, 0) is 25.7 Å². The Labute approximate surface area is 229 Å². The van der Waals surface area contributed by atoms with Gasteiger partial charge in [-0.2, -0.15) is 0 Å². The van der Waals surface area contributed by atoms with Gasteiger partial charge in [0.25, 0.3) is 0 Å². The van der Waals surface area contributed by atoms with Crippen LogP contribution in [0.3, 0.4) is 0 Å². The Morgan fingerprint density at radius 1 is 0.513 bits per heavy atom. The lowest BCUT2D eigenvalue weighted by atomic mass is 9.85. The molecule has 4 unspecified atom stereocenters. The van der Waals surface area contributed by atoms with E-state index in [1.54, 1.807) is 0 Å². The molecule has 0 bridgehead atoms. The monoisotopic (exact) mass is 544 g/mol. The molecule has 0 aromatic rings. The second-order valence-electron chi connectivity index (χ2n) is 10.6. The molecule has 0 spiro atoms. The molecule has 39 heavy (non-hydrogen) atoms. The van der Waals surface area contributed by atoms with Crippen LogP contribution in [0.2, 0.25) is 0 Å². The van der Waals surface area contributed by atoms with Gasteiger partial charge in [0.1, 0.15) is 0 Å². The van der Waals surface area contributed by atoms with Crippen LogP contribution in [0.5, 0.6) is 0 Å². The first-order chi connectivity index (χ1) is 18.8. The number of rotatable bonds is 18. The highest BCUT2D eigenvalue weighted by Crippen LogP contribution is 2.32. The molecule has 9 nitrogen and oxygen atoms in total. The summed E-state index contributed by atoms with van der Waals surface area (Å²) in [7, 11) is 2.66. The third-order valence-corrected chi connectivity index (χ3v) is 7.85. The predicted molar refractivity (Wildman–Crippen MR) is 141 cm³/mol. The lowest BCUT2D eigenvalue weighted by Gasteiger charge is -2.18. The molecule has 3 rings (SSSR count). The van der Waals surface area contributed by atoms with Crippen molar-refractivity contribution >= 4 is 34.7 Å². The summed E-state index contributed by atoms with van der Waals surface area (Å²) >= 11 is 0. The number of hydrogen-bond donors (Lipinski definition) is 0. The Morgan fingerprint density at radius 3 is 1.21 bits per heavy atom. The van der Waals surface area contributed by atoms with Gasteiger partial charge in [0.05, 0.1) is 38.3 Å². The lowest BCUT2D eigenvalue weighted by molar-refractivity contribution is -0.142. The fraction of sp³-hybridized carbons (Fsp3) is 0.667. The maximum absolute atomic E-state index is 12.2. The topological polar surface area (TPSA) is 133 Å². The quantitative estimate of drug-likeness (QED) is 0.109. The number of carbonyl (C=O) groups is 6. The van der Waals surface area contributed by atoms with Gasteiger partial charge in [0.2, 0.25) is 34.7 Å². The van der Waals surface area contributed by atoms with Crippen molar-refractivity contribution in [2.24, 2.45) is 11.8 Å². The Morgan fingerprint density at radius 2 is 0.846 bits per heavy atom. The number of unbranched alkanes of at least 4 members (excludes halogenated alkanes) is 8. The molecular weight excluding hydrogens is 504 g/mol. The Hall–Kier alpha value is -2.94. The lowest BCUT2D eigenvalue weighted by Crippen LogP contribution is -2.35. The minimum Gasteiger partial charge on any atom is -0.493 e. The highest BCUT2D eigenvalue weighted by Gasteiger charge is 2.39. The summed E-state index contributed by atoms with van der Waals surface area (Å²) in [5.74, 6) is -5.16. The molecule has 0 N–H and O–H groups in total. The van der Waals surface area contributed by atoms with Crippen LogP contribution in [-0.2, 0) is 43.0 Å². The number of epoxide rings is 1. The molecule has 0 aromatic carbocycles. The average molecular weight is 545 g/mol. The molecule has 1 heterocycles. The molecule has 9 heteroatoms. The molecular formula is C30H40O9. The largest absolute Gasteiger partial charge is 0.493 e. The zero-order valence-corrected chi connectivity index (χ0v) is 23.0. The number of ketones is 6. The van der Waals surface area contributed by atoms with Crippen molar-refractivity contribution < 1.29 is 43.0 Å². The van der Waals surface area contributed by atoms with Crippen LogP contribution in [0.4, 0.5) is 0 Å². The molecule has 1 fully saturated rings. The van der Waals surface area contributed by atoms with Crippen LogP contribution < -0.4 is 0 Å². The van der Waals surface area contributed by atoms with Crippen LogP contribution in [0, 0.1) is 11.8 Å². The first-order valence-electron chi connectivity index (χ1n) is 14.2. The van der Waals surface area contributed by atoms with Crippen LogP contribution in [0.15, 0.2) is 23.7 Å². The fourth-order valence-corrected chi connectivity index (χ4v) is 5.43. The number of ether oxygens (including phenoxy) is 3. The van der Waals surface area contributed by atoms with E-state index < -0.39 is 35.0 Å². The number of carbonyl (C=O) groups excluding carboxylic acids is 6. The van der Waals surface area contributed by atoms with E-state index in [0.717, 1.165) is 89.2 Å². The molecule has 1 aliphatic heterocycles. The third kappa shape index (κ3) is 8.52. The Bertz CT molecular complexity index is 941. The zero-order valence-electron chi connectivity index (χ0n) is 23.0. The summed E-state index contributed by atoms with van der Waals surface area (Å²) in [6.07, 6.45) is 15.1. The van der Waals surface area contributed by atoms with Crippen molar-refractivity contribution in [2.45, 2.75) is 102 Å². The molecule has 2 aliphatic carbocycles. The van der Waals surface area contributed by atoms with E-state index in [9.17, 15) is 28.8 Å². The molecule has 0 amide bonds. The van der Waals surface area contributed by atoms with Crippen LogP contribution >= 0.6 is 0 Å². The van der Waals surface area contributed by atoms with E-state index in [0.29, 0.717) is 25.0 Å². The van der Waals surface area contributed by atoms with E-state index in [4.69, 9.17) is 14.2 Å². The predicted octanol–water partition coefficient (Wildman–Crippen LogP) is 3.95. The molecule has 0 radical (unpaired) electrons. The van der Waals surface area contributed by atoms with Gasteiger partial charge in [-0.3, -0.25) is 28.8 Å². The Balaban J connectivity index is 1.15. The Kier molecular flexibility index (Phi) is 11.8. The van der Waals surface area contributed by atoms with E-state index in [-0.39, 0.29) is 23.1 Å². The normalized spacial score (nSPS) is 25.1. The maximum atomic E-state index is 12.2. The summed E-state index contributed by atoms with van der Waals surface area (Å²) in [6, 6.07) is 0. The molecule has 0 aromatic heterocycles. The van der Waals surface area contributed by atoms with Crippen LogP contribution in [-0.4, -0.2) is 61.1 Å². The summed E-state index contributed by atoms with van der Waals surface area (Å²) in [4.78, 5) is 71.9. The first-order valence-corrected chi connectivity index (χ1v) is 14.2. The van der Waals surface area contributed by atoms with E-state index in [2.05, 4.69) is 0 Å². The van der Waals surface area contributed by atoms with Gasteiger partial charge in [-0.25, -0.2) is 0 Å². The standard InChI is InChI=1S/C30H40O9/c1-37-25-17-21(31)27(33)19(29(25)35)13-9-5-3-7-11-15-23-24(39-23)16-12-8-4-6-10-14-20-28(34)22(32)18-26(38-2)30(20)36/h17-20,23-24H,3-16H2,1-2H3. The highest BCUT2D eigenvalue weighted by atomic mass is 16.6. The summed E-state index contributed by atoms with van der Waals surface area (Å²) in [5.41, 5.74) is 0. The molecule has 214 valence electrons. The second kappa shape index (κ2) is 15.0. The van der Waals surface area contributed by atoms with Crippen LogP contribution in [0.1, 0.15) is 89.9 Å². The molecule has 3 aliphatic rings. The van der Waals surface area contributed by atoms with E-state index >= 15 is 0 Å². The van der Waals surface area contributed by atoms with Crippen molar-refractivity contribution in [3.63, 3.8) is 0 Å². The van der Waals surface area contributed by atoms with Gasteiger partial charge in [-0.15, -0.1) is 0 Å². The van der Waals surface area contributed by atoms with Gasteiger partial charge in [0, 0.05) is 12.2 Å². The third-order valence-electron chi connectivity index (χ3n) is 7.85. The van der Waals surface area contributed by atoms with Crippen molar-refractivity contribution in [1.29, 1.82) is 0 Å². The molecule has 1 saturated heterocycles. The highest BCUT2D eigenvalue weighted by molar-refractivity contribution is 6.49. The van der Waals surface area contributed by atoms with Crippen LogP contribution in [0.25, 0.3) is 0 Å². The van der Waals surface area contributed by atoms with Gasteiger partial charge in [-0.1, -0.05) is 64.2 Å². The van der Waals surface area contributed by atoms with E-state index in [1.807, 2.05) is 0 Å². The van der Waals surface area contributed by atoms with Crippen molar-refractivity contribution in [3.05, 3.63) is 23.7 Å². The smallest absolute Gasteiger partial charge is 0.226 e. The number of allylic oxidation sites excluding steroid dienone is 4. The summed E-state index contributed by atoms with van der Waals surface area (Å²) < 4.78 is 15.6. The number of hydrogen-bond acceptors (Lipinski definition) is 9. The second-order valence-corrected chi connectivity index (χ2v) is 10.6. The summed E-state index contributed by atoms with van der Waals surface area (Å²) in [6.45, 7) is 0. The van der Waals surface area contributed by atoms with Gasteiger partial charge < -0.3 is 14.2 Å². The minimum absolute atomic E-state index is 0.0217. The minimum atomic E-state index is -0.893. The van der Waals surface area contributed by atoms with E-state index in [1.165, 1.54) is 14.2 Å². The molecule has 4 atom stereocenters. The van der Waals surface area contributed by atoms with Gasteiger partial charge >= 0.3 is 0 Å². The summed E-state index contributed by atoms with van der Waals surface area (Å²) in [5, 5.41) is 0.